The number of para-hydroxylation sites is 2. The van der Waals surface area contributed by atoms with E-state index < -0.39 is 0 Å². The molecule has 0 aliphatic heterocycles. The van der Waals surface area contributed by atoms with Gasteiger partial charge in [-0.3, -0.25) is 9.59 Å². The number of thiophene rings is 1. The molecule has 1 aromatic carbocycles. The van der Waals surface area contributed by atoms with Crippen LogP contribution in [0.5, 0.6) is 5.75 Å². The Morgan fingerprint density at radius 1 is 1.21 bits per heavy atom. The van der Waals surface area contributed by atoms with E-state index in [1.807, 2.05) is 18.2 Å². The van der Waals surface area contributed by atoms with Gasteiger partial charge in [0.1, 0.15) is 18.1 Å². The lowest BCUT2D eigenvalue weighted by atomic mass is 10.2. The Bertz CT molecular complexity index is 988. The third-order valence-corrected chi connectivity index (χ3v) is 6.11. The zero-order valence-corrected chi connectivity index (χ0v) is 17.0. The number of fused-ring (bicyclic) bond motifs is 1. The molecule has 0 fully saturated rings. The first-order valence-corrected chi connectivity index (χ1v) is 10.3. The standard InChI is InChI=1S/C22H22N2O4S/c1-27-18-9-3-2-8-17(18)23-21(25)14-24(13-16-7-5-11-28-16)22(26)20-12-15-6-4-10-19(15)29-20/h2-3,5,7-9,11-12H,4,6,10,13-14H2,1H3,(H,23,25). The molecule has 4 rings (SSSR count). The van der Waals surface area contributed by atoms with E-state index in [1.165, 1.54) is 26.7 Å². The Morgan fingerprint density at radius 3 is 2.83 bits per heavy atom. The fourth-order valence-corrected chi connectivity index (χ4v) is 4.71. The Labute approximate surface area is 173 Å². The summed E-state index contributed by atoms with van der Waals surface area (Å²) in [4.78, 5) is 29.4. The van der Waals surface area contributed by atoms with Crippen molar-refractivity contribution in [1.29, 1.82) is 0 Å². The molecule has 1 N–H and O–H groups in total. The third kappa shape index (κ3) is 4.35. The molecule has 0 atom stereocenters. The number of amides is 2. The number of furan rings is 1. The molecule has 0 radical (unpaired) electrons. The molecule has 2 heterocycles. The molecule has 2 aromatic heterocycles. The van der Waals surface area contributed by atoms with Crippen LogP contribution in [0.25, 0.3) is 0 Å². The molecule has 7 heteroatoms. The summed E-state index contributed by atoms with van der Waals surface area (Å²) < 4.78 is 10.7. The number of benzene rings is 1. The maximum Gasteiger partial charge on any atom is 0.264 e. The van der Waals surface area contributed by atoms with Gasteiger partial charge in [-0.1, -0.05) is 12.1 Å². The zero-order valence-electron chi connectivity index (χ0n) is 16.1. The van der Waals surface area contributed by atoms with Crippen molar-refractivity contribution in [3.63, 3.8) is 0 Å². The first-order valence-electron chi connectivity index (χ1n) is 9.50. The van der Waals surface area contributed by atoms with E-state index in [4.69, 9.17) is 9.15 Å². The van der Waals surface area contributed by atoms with Crippen LogP contribution >= 0.6 is 11.3 Å². The Morgan fingerprint density at radius 2 is 2.07 bits per heavy atom. The van der Waals surface area contributed by atoms with Crippen molar-refractivity contribution in [3.8, 4) is 5.75 Å². The lowest BCUT2D eigenvalue weighted by molar-refractivity contribution is -0.117. The minimum Gasteiger partial charge on any atom is -0.495 e. The third-order valence-electron chi connectivity index (χ3n) is 4.89. The highest BCUT2D eigenvalue weighted by molar-refractivity contribution is 7.14. The van der Waals surface area contributed by atoms with E-state index in [9.17, 15) is 9.59 Å². The molecule has 0 bridgehead atoms. The molecule has 1 aliphatic rings. The van der Waals surface area contributed by atoms with Gasteiger partial charge < -0.3 is 19.4 Å². The molecule has 0 unspecified atom stereocenters. The average molecular weight is 410 g/mol. The van der Waals surface area contributed by atoms with Crippen molar-refractivity contribution in [3.05, 3.63) is 69.8 Å². The maximum atomic E-state index is 13.2. The Balaban J connectivity index is 1.51. The molecule has 150 valence electrons. The van der Waals surface area contributed by atoms with Gasteiger partial charge in [0.05, 0.1) is 30.5 Å². The van der Waals surface area contributed by atoms with Crippen LogP contribution in [0.1, 0.15) is 32.3 Å². The summed E-state index contributed by atoms with van der Waals surface area (Å²) in [7, 11) is 1.55. The van der Waals surface area contributed by atoms with Gasteiger partial charge in [0, 0.05) is 4.88 Å². The lowest BCUT2D eigenvalue weighted by Crippen LogP contribution is -2.37. The second kappa shape index (κ2) is 8.53. The first-order chi connectivity index (χ1) is 14.1. The van der Waals surface area contributed by atoms with Crippen molar-refractivity contribution in [2.45, 2.75) is 25.8 Å². The molecule has 29 heavy (non-hydrogen) atoms. The van der Waals surface area contributed by atoms with Gasteiger partial charge in [0.25, 0.3) is 5.91 Å². The molecule has 0 saturated heterocycles. The Kier molecular flexibility index (Phi) is 5.67. The van der Waals surface area contributed by atoms with Crippen LogP contribution < -0.4 is 10.1 Å². The zero-order chi connectivity index (χ0) is 20.2. The van der Waals surface area contributed by atoms with Gasteiger partial charge in [-0.05, 0) is 55.2 Å². The van der Waals surface area contributed by atoms with E-state index in [0.29, 0.717) is 22.1 Å². The van der Waals surface area contributed by atoms with E-state index in [-0.39, 0.29) is 24.9 Å². The number of rotatable bonds is 7. The van der Waals surface area contributed by atoms with Crippen LogP contribution in [0.3, 0.4) is 0 Å². The number of hydrogen-bond donors (Lipinski definition) is 1. The van der Waals surface area contributed by atoms with Crippen LogP contribution in [0.4, 0.5) is 5.69 Å². The molecule has 3 aromatic rings. The van der Waals surface area contributed by atoms with Gasteiger partial charge in [-0.25, -0.2) is 0 Å². The van der Waals surface area contributed by atoms with Crippen LogP contribution in [0, 0.1) is 0 Å². The number of carbonyl (C=O) groups is 2. The quantitative estimate of drug-likeness (QED) is 0.636. The van der Waals surface area contributed by atoms with Gasteiger partial charge in [-0.15, -0.1) is 11.3 Å². The number of methoxy groups -OCH3 is 1. The topological polar surface area (TPSA) is 71.8 Å². The summed E-state index contributed by atoms with van der Waals surface area (Å²) in [6, 6.07) is 12.7. The van der Waals surface area contributed by atoms with Crippen LogP contribution in [-0.4, -0.2) is 30.4 Å². The number of nitrogens with zero attached hydrogens (tertiary/aromatic N) is 1. The molecule has 6 nitrogen and oxygen atoms in total. The molecular formula is C22H22N2O4S. The fraction of sp³-hybridized carbons (Fsp3) is 0.273. The average Bonchev–Trinajstić information content (AvgIpc) is 3.45. The van der Waals surface area contributed by atoms with E-state index in [2.05, 4.69) is 5.32 Å². The number of hydrogen-bond acceptors (Lipinski definition) is 5. The Hall–Kier alpha value is -3.06. The predicted octanol–water partition coefficient (Wildman–Crippen LogP) is 4.12. The van der Waals surface area contributed by atoms with Crippen molar-refractivity contribution >= 4 is 28.8 Å². The number of aryl methyl sites for hydroxylation is 2. The maximum absolute atomic E-state index is 13.2. The van der Waals surface area contributed by atoms with Gasteiger partial charge in [0.2, 0.25) is 5.91 Å². The summed E-state index contributed by atoms with van der Waals surface area (Å²) in [6.45, 7) is 0.147. The monoisotopic (exact) mass is 410 g/mol. The van der Waals surface area contributed by atoms with Gasteiger partial charge in [-0.2, -0.15) is 0 Å². The lowest BCUT2D eigenvalue weighted by Gasteiger charge is -2.21. The second-order valence-electron chi connectivity index (χ2n) is 6.90. The summed E-state index contributed by atoms with van der Waals surface area (Å²) >= 11 is 1.53. The molecule has 1 aliphatic carbocycles. The highest BCUT2D eigenvalue weighted by atomic mass is 32.1. The fourth-order valence-electron chi connectivity index (χ4n) is 3.49. The highest BCUT2D eigenvalue weighted by Crippen LogP contribution is 2.31. The summed E-state index contributed by atoms with van der Waals surface area (Å²) in [5, 5.41) is 2.83. The summed E-state index contributed by atoms with van der Waals surface area (Å²) in [5.74, 6) is 0.751. The molecule has 0 spiro atoms. The minimum atomic E-state index is -0.293. The van der Waals surface area contributed by atoms with Crippen LogP contribution in [-0.2, 0) is 24.2 Å². The van der Waals surface area contributed by atoms with Crippen LogP contribution in [0.15, 0.2) is 53.1 Å². The summed E-state index contributed by atoms with van der Waals surface area (Å²) in [6.07, 6.45) is 4.75. The van der Waals surface area contributed by atoms with Crippen molar-refractivity contribution in [2.75, 3.05) is 19.0 Å². The highest BCUT2D eigenvalue weighted by Gasteiger charge is 2.25. The number of anilines is 1. The van der Waals surface area contributed by atoms with Gasteiger partial charge in [0.15, 0.2) is 0 Å². The molecule has 0 saturated carbocycles. The molecule has 2 amide bonds. The van der Waals surface area contributed by atoms with E-state index in [0.717, 1.165) is 19.3 Å². The van der Waals surface area contributed by atoms with Crippen molar-refractivity contribution in [1.82, 2.24) is 4.90 Å². The van der Waals surface area contributed by atoms with Crippen molar-refractivity contribution < 1.29 is 18.7 Å². The SMILES string of the molecule is COc1ccccc1NC(=O)CN(Cc1ccco1)C(=O)c1cc2c(s1)CCC2. The summed E-state index contributed by atoms with van der Waals surface area (Å²) in [5.41, 5.74) is 1.83. The minimum absolute atomic E-state index is 0.0832. The number of carbonyl (C=O) groups excluding carboxylic acids is 2. The van der Waals surface area contributed by atoms with Crippen molar-refractivity contribution in [2.24, 2.45) is 0 Å². The predicted molar refractivity (Wildman–Crippen MR) is 111 cm³/mol. The van der Waals surface area contributed by atoms with E-state index in [1.54, 1.807) is 37.6 Å². The molecular weight excluding hydrogens is 388 g/mol. The normalized spacial score (nSPS) is 12.4. The van der Waals surface area contributed by atoms with E-state index >= 15 is 0 Å². The number of nitrogens with one attached hydrogen (secondary N) is 1. The largest absolute Gasteiger partial charge is 0.495 e. The number of ether oxygens (including phenoxy) is 1. The smallest absolute Gasteiger partial charge is 0.264 e. The van der Waals surface area contributed by atoms with Gasteiger partial charge >= 0.3 is 0 Å². The van der Waals surface area contributed by atoms with Crippen LogP contribution in [0.2, 0.25) is 0 Å². The second-order valence-corrected chi connectivity index (χ2v) is 8.04. The first kappa shape index (κ1) is 19.3.